The van der Waals surface area contributed by atoms with E-state index in [-0.39, 0.29) is 12.5 Å². The SMILES string of the molecule is N#Cc1cccnc1NCC(CCO)c1ccccc1. The molecule has 0 fully saturated rings. The van der Waals surface area contributed by atoms with Crippen molar-refractivity contribution >= 4 is 5.82 Å². The fourth-order valence-corrected chi connectivity index (χ4v) is 2.12. The summed E-state index contributed by atoms with van der Waals surface area (Å²) in [4.78, 5) is 4.18. The van der Waals surface area contributed by atoms with E-state index >= 15 is 0 Å². The number of aliphatic hydroxyl groups excluding tert-OH is 1. The number of benzene rings is 1. The first-order valence-electron chi connectivity index (χ1n) is 6.60. The summed E-state index contributed by atoms with van der Waals surface area (Å²) in [6, 6.07) is 15.6. The number of anilines is 1. The molecule has 0 saturated carbocycles. The van der Waals surface area contributed by atoms with Gasteiger partial charge in [-0.2, -0.15) is 5.26 Å². The molecule has 4 heteroatoms. The molecular weight excluding hydrogens is 250 g/mol. The van der Waals surface area contributed by atoms with Gasteiger partial charge in [-0.3, -0.25) is 0 Å². The van der Waals surface area contributed by atoms with Gasteiger partial charge >= 0.3 is 0 Å². The maximum Gasteiger partial charge on any atom is 0.143 e. The second-order valence-electron chi connectivity index (χ2n) is 4.51. The number of nitriles is 1. The summed E-state index contributed by atoms with van der Waals surface area (Å²) < 4.78 is 0. The van der Waals surface area contributed by atoms with Gasteiger partial charge in [0.2, 0.25) is 0 Å². The topological polar surface area (TPSA) is 68.9 Å². The van der Waals surface area contributed by atoms with Crippen LogP contribution in [0.5, 0.6) is 0 Å². The number of aromatic nitrogens is 1. The van der Waals surface area contributed by atoms with Crippen molar-refractivity contribution in [3.63, 3.8) is 0 Å². The van der Waals surface area contributed by atoms with E-state index < -0.39 is 0 Å². The lowest BCUT2D eigenvalue weighted by Crippen LogP contribution is -2.15. The molecule has 20 heavy (non-hydrogen) atoms. The molecule has 102 valence electrons. The molecule has 2 rings (SSSR count). The normalized spacial score (nSPS) is 11.6. The third-order valence-corrected chi connectivity index (χ3v) is 3.19. The van der Waals surface area contributed by atoms with Crippen LogP contribution in [0.3, 0.4) is 0 Å². The zero-order valence-electron chi connectivity index (χ0n) is 11.2. The fourth-order valence-electron chi connectivity index (χ4n) is 2.12. The standard InChI is InChI=1S/C16H17N3O/c17-11-14-7-4-9-18-16(14)19-12-15(8-10-20)13-5-2-1-3-6-13/h1-7,9,15,20H,8,10,12H2,(H,18,19). The molecule has 0 radical (unpaired) electrons. The van der Waals surface area contributed by atoms with Crippen molar-refractivity contribution in [3.05, 3.63) is 59.8 Å². The minimum atomic E-state index is 0.133. The highest BCUT2D eigenvalue weighted by Gasteiger charge is 2.12. The van der Waals surface area contributed by atoms with Crippen molar-refractivity contribution in [2.45, 2.75) is 12.3 Å². The number of nitrogens with one attached hydrogen (secondary N) is 1. The molecule has 4 nitrogen and oxygen atoms in total. The molecule has 1 aromatic heterocycles. The van der Waals surface area contributed by atoms with Gasteiger partial charge in [0.15, 0.2) is 0 Å². The minimum Gasteiger partial charge on any atom is -0.396 e. The van der Waals surface area contributed by atoms with E-state index in [1.807, 2.05) is 30.3 Å². The summed E-state index contributed by atoms with van der Waals surface area (Å²) in [6.45, 7) is 0.769. The average Bonchev–Trinajstić information content (AvgIpc) is 2.52. The summed E-state index contributed by atoms with van der Waals surface area (Å²) in [7, 11) is 0. The van der Waals surface area contributed by atoms with Crippen LogP contribution in [0.25, 0.3) is 0 Å². The zero-order chi connectivity index (χ0) is 14.2. The number of hydrogen-bond donors (Lipinski definition) is 2. The summed E-state index contributed by atoms with van der Waals surface area (Å²) in [5.74, 6) is 0.781. The average molecular weight is 267 g/mol. The Morgan fingerprint density at radius 2 is 2.00 bits per heavy atom. The van der Waals surface area contributed by atoms with Crippen LogP contribution < -0.4 is 5.32 Å². The Morgan fingerprint density at radius 1 is 1.20 bits per heavy atom. The lowest BCUT2D eigenvalue weighted by molar-refractivity contribution is 0.277. The van der Waals surface area contributed by atoms with Gasteiger partial charge in [0.05, 0.1) is 5.56 Å². The van der Waals surface area contributed by atoms with Gasteiger partial charge < -0.3 is 10.4 Å². The highest BCUT2D eigenvalue weighted by atomic mass is 16.3. The first-order valence-corrected chi connectivity index (χ1v) is 6.60. The molecule has 0 aliphatic carbocycles. The van der Waals surface area contributed by atoms with Gasteiger partial charge in [0.1, 0.15) is 11.9 Å². The lowest BCUT2D eigenvalue weighted by atomic mass is 9.96. The van der Waals surface area contributed by atoms with Crippen LogP contribution in [0, 0.1) is 11.3 Å². The maximum absolute atomic E-state index is 9.20. The van der Waals surface area contributed by atoms with Crippen molar-refractivity contribution in [2.75, 3.05) is 18.5 Å². The van der Waals surface area contributed by atoms with E-state index in [1.54, 1.807) is 18.3 Å². The molecule has 0 bridgehead atoms. The quantitative estimate of drug-likeness (QED) is 0.844. The van der Waals surface area contributed by atoms with Crippen LogP contribution in [0.1, 0.15) is 23.5 Å². The zero-order valence-corrected chi connectivity index (χ0v) is 11.2. The van der Waals surface area contributed by atoms with Crippen LogP contribution in [-0.2, 0) is 0 Å². The van der Waals surface area contributed by atoms with Crippen molar-refractivity contribution in [3.8, 4) is 6.07 Å². The number of hydrogen-bond acceptors (Lipinski definition) is 4. The highest BCUT2D eigenvalue weighted by Crippen LogP contribution is 2.20. The van der Waals surface area contributed by atoms with E-state index in [0.717, 1.165) is 0 Å². The van der Waals surface area contributed by atoms with Crippen molar-refractivity contribution in [2.24, 2.45) is 0 Å². The third kappa shape index (κ3) is 3.56. The first-order chi connectivity index (χ1) is 9.85. The van der Waals surface area contributed by atoms with Crippen molar-refractivity contribution < 1.29 is 5.11 Å². The predicted octanol–water partition coefficient (Wildman–Crippen LogP) is 2.53. The molecule has 2 aromatic rings. The van der Waals surface area contributed by atoms with Crippen LogP contribution in [-0.4, -0.2) is 23.2 Å². The van der Waals surface area contributed by atoms with Crippen molar-refractivity contribution in [1.29, 1.82) is 5.26 Å². The molecule has 0 aliphatic heterocycles. The highest BCUT2D eigenvalue weighted by molar-refractivity contribution is 5.51. The second-order valence-corrected chi connectivity index (χ2v) is 4.51. The number of aliphatic hydroxyl groups is 1. The van der Waals surface area contributed by atoms with Gasteiger partial charge in [0.25, 0.3) is 0 Å². The molecule has 0 aliphatic rings. The monoisotopic (exact) mass is 267 g/mol. The van der Waals surface area contributed by atoms with Crippen LogP contribution >= 0.6 is 0 Å². The smallest absolute Gasteiger partial charge is 0.143 e. The Labute approximate surface area is 118 Å². The summed E-state index contributed by atoms with van der Waals surface area (Å²) in [5.41, 5.74) is 1.70. The Hall–Kier alpha value is -2.38. The predicted molar refractivity (Wildman–Crippen MR) is 78.3 cm³/mol. The maximum atomic E-state index is 9.20. The van der Waals surface area contributed by atoms with E-state index in [1.165, 1.54) is 5.56 Å². The molecule has 0 saturated heterocycles. The molecule has 1 aromatic carbocycles. The molecule has 1 unspecified atom stereocenters. The molecular formula is C16H17N3O. The fraction of sp³-hybridized carbons (Fsp3) is 0.250. The van der Waals surface area contributed by atoms with Crippen LogP contribution in [0.2, 0.25) is 0 Å². The Kier molecular flexibility index (Phi) is 5.10. The molecule has 0 amide bonds. The Morgan fingerprint density at radius 3 is 2.70 bits per heavy atom. The Bertz CT molecular complexity index is 578. The van der Waals surface area contributed by atoms with Crippen molar-refractivity contribution in [1.82, 2.24) is 4.98 Å². The summed E-state index contributed by atoms with van der Waals surface area (Å²) >= 11 is 0. The number of nitrogens with zero attached hydrogens (tertiary/aromatic N) is 2. The Balaban J connectivity index is 2.08. The van der Waals surface area contributed by atoms with Gasteiger partial charge in [-0.1, -0.05) is 30.3 Å². The van der Waals surface area contributed by atoms with E-state index in [4.69, 9.17) is 5.26 Å². The summed E-state index contributed by atoms with van der Waals surface area (Å²) in [5, 5.41) is 21.4. The summed E-state index contributed by atoms with van der Waals surface area (Å²) in [6.07, 6.45) is 2.33. The molecule has 1 atom stereocenters. The molecule has 2 N–H and O–H groups in total. The van der Waals surface area contributed by atoms with Crippen LogP contribution in [0.15, 0.2) is 48.7 Å². The van der Waals surface area contributed by atoms with Gasteiger partial charge in [0, 0.05) is 25.3 Å². The van der Waals surface area contributed by atoms with E-state index in [9.17, 15) is 5.11 Å². The van der Waals surface area contributed by atoms with Crippen LogP contribution in [0.4, 0.5) is 5.82 Å². The first kappa shape index (κ1) is 14.0. The second kappa shape index (κ2) is 7.27. The lowest BCUT2D eigenvalue weighted by Gasteiger charge is -2.17. The molecule has 1 heterocycles. The number of pyridine rings is 1. The van der Waals surface area contributed by atoms with Gasteiger partial charge in [-0.25, -0.2) is 4.98 Å². The van der Waals surface area contributed by atoms with Gasteiger partial charge in [-0.15, -0.1) is 0 Å². The van der Waals surface area contributed by atoms with Gasteiger partial charge in [-0.05, 0) is 24.1 Å². The minimum absolute atomic E-state index is 0.133. The largest absolute Gasteiger partial charge is 0.396 e. The molecule has 0 spiro atoms. The number of rotatable bonds is 6. The third-order valence-electron chi connectivity index (χ3n) is 3.19. The van der Waals surface area contributed by atoms with E-state index in [0.29, 0.717) is 24.3 Å². The van der Waals surface area contributed by atoms with E-state index in [2.05, 4.69) is 16.4 Å².